The highest BCUT2D eigenvalue weighted by molar-refractivity contribution is 6.04. The lowest BCUT2D eigenvalue weighted by Crippen LogP contribution is -2.12. The van der Waals surface area contributed by atoms with Crippen LogP contribution in [-0.4, -0.2) is 17.6 Å². The fourth-order valence-electron chi connectivity index (χ4n) is 1.88. The van der Waals surface area contributed by atoms with E-state index in [0.29, 0.717) is 5.56 Å². The number of carbonyl (C=O) groups is 1. The van der Waals surface area contributed by atoms with Crippen LogP contribution < -0.4 is 5.32 Å². The molecular weight excluding hydrogens is 262 g/mol. The summed E-state index contributed by atoms with van der Waals surface area (Å²) in [5, 5.41) is 11.6. The predicted molar refractivity (Wildman–Crippen MR) is 84.3 cm³/mol. The first-order valence-corrected chi connectivity index (χ1v) is 6.68. The van der Waals surface area contributed by atoms with Crippen LogP contribution in [0.2, 0.25) is 0 Å². The third kappa shape index (κ3) is 3.95. The van der Waals surface area contributed by atoms with Crippen LogP contribution in [0.3, 0.4) is 0 Å². The third-order valence-corrected chi connectivity index (χ3v) is 3.11. The Morgan fingerprint density at radius 3 is 2.52 bits per heavy atom. The van der Waals surface area contributed by atoms with Crippen molar-refractivity contribution < 1.29 is 9.90 Å². The molecule has 2 rings (SSSR count). The zero-order chi connectivity index (χ0) is 15.2. The van der Waals surface area contributed by atoms with E-state index in [1.807, 2.05) is 44.2 Å². The minimum atomic E-state index is -0.182. The fraction of sp³-hybridized carbons (Fsp3) is 0.167. The second-order valence-corrected chi connectivity index (χ2v) is 4.81. The third-order valence-electron chi connectivity index (χ3n) is 3.11. The van der Waals surface area contributed by atoms with Crippen LogP contribution >= 0.6 is 0 Å². The van der Waals surface area contributed by atoms with E-state index in [0.717, 1.165) is 22.4 Å². The molecule has 106 valence electrons. The highest BCUT2D eigenvalue weighted by atomic mass is 16.2. The number of aliphatic hydroxyl groups excluding tert-OH is 1. The molecule has 0 spiro atoms. The number of carbonyl (C=O) groups excluding carboxylic acids is 1. The van der Waals surface area contributed by atoms with E-state index >= 15 is 0 Å². The molecule has 0 unspecified atom stereocenters. The van der Waals surface area contributed by atoms with E-state index < -0.39 is 0 Å². The molecule has 0 atom stereocenters. The van der Waals surface area contributed by atoms with Crippen LogP contribution in [0.25, 0.3) is 0 Å². The van der Waals surface area contributed by atoms with Gasteiger partial charge in [-0.2, -0.15) is 0 Å². The van der Waals surface area contributed by atoms with Gasteiger partial charge in [0.25, 0.3) is 5.91 Å². The molecule has 0 aromatic heterocycles. The molecule has 3 nitrogen and oxygen atoms in total. The van der Waals surface area contributed by atoms with Gasteiger partial charge in [-0.25, -0.2) is 0 Å². The number of benzene rings is 2. The lowest BCUT2D eigenvalue weighted by atomic mass is 10.1. The minimum absolute atomic E-state index is 0.148. The van der Waals surface area contributed by atoms with Gasteiger partial charge in [0.05, 0.1) is 0 Å². The van der Waals surface area contributed by atoms with Crippen molar-refractivity contribution in [3.8, 4) is 11.8 Å². The summed E-state index contributed by atoms with van der Waals surface area (Å²) < 4.78 is 0. The molecule has 2 aromatic carbocycles. The molecule has 2 aromatic rings. The first-order chi connectivity index (χ1) is 10.1. The van der Waals surface area contributed by atoms with Crippen molar-refractivity contribution in [2.24, 2.45) is 0 Å². The Bertz CT molecular complexity index is 706. The van der Waals surface area contributed by atoms with Crippen molar-refractivity contribution in [3.63, 3.8) is 0 Å². The maximum atomic E-state index is 12.2. The van der Waals surface area contributed by atoms with E-state index in [1.165, 1.54) is 0 Å². The number of aryl methyl sites for hydroxylation is 2. The van der Waals surface area contributed by atoms with Gasteiger partial charge in [0, 0.05) is 16.8 Å². The lowest BCUT2D eigenvalue weighted by molar-refractivity contribution is 0.102. The van der Waals surface area contributed by atoms with Crippen LogP contribution in [-0.2, 0) is 0 Å². The van der Waals surface area contributed by atoms with Crippen molar-refractivity contribution in [1.29, 1.82) is 0 Å². The molecule has 21 heavy (non-hydrogen) atoms. The van der Waals surface area contributed by atoms with E-state index in [2.05, 4.69) is 17.2 Å². The average Bonchev–Trinajstić information content (AvgIpc) is 2.48. The molecule has 2 N–H and O–H groups in total. The summed E-state index contributed by atoms with van der Waals surface area (Å²) in [7, 11) is 0. The van der Waals surface area contributed by atoms with Crippen molar-refractivity contribution in [3.05, 3.63) is 64.7 Å². The van der Waals surface area contributed by atoms with Gasteiger partial charge in [0.1, 0.15) is 6.61 Å². The molecule has 1 amide bonds. The van der Waals surface area contributed by atoms with E-state index in [-0.39, 0.29) is 12.5 Å². The highest BCUT2D eigenvalue weighted by Gasteiger charge is 2.07. The quantitative estimate of drug-likeness (QED) is 0.830. The molecule has 0 aliphatic rings. The first-order valence-electron chi connectivity index (χ1n) is 6.68. The first kappa shape index (κ1) is 14.8. The van der Waals surface area contributed by atoms with Gasteiger partial charge in [-0.05, 0) is 43.7 Å². The molecule has 0 aliphatic carbocycles. The van der Waals surface area contributed by atoms with Gasteiger partial charge >= 0.3 is 0 Å². The number of rotatable bonds is 2. The van der Waals surface area contributed by atoms with Crippen LogP contribution in [0, 0.1) is 25.7 Å². The van der Waals surface area contributed by atoms with Crippen LogP contribution in [0.5, 0.6) is 0 Å². The molecule has 0 bridgehead atoms. The molecule has 0 heterocycles. The Balaban J connectivity index is 2.22. The number of nitrogens with one attached hydrogen (secondary N) is 1. The molecule has 0 aliphatic heterocycles. The zero-order valence-electron chi connectivity index (χ0n) is 12.1. The van der Waals surface area contributed by atoms with Gasteiger partial charge in [0.2, 0.25) is 0 Å². The topological polar surface area (TPSA) is 49.3 Å². The van der Waals surface area contributed by atoms with Crippen LogP contribution in [0.4, 0.5) is 5.69 Å². The summed E-state index contributed by atoms with van der Waals surface area (Å²) in [5.41, 5.74) is 4.18. The molecule has 0 fully saturated rings. The van der Waals surface area contributed by atoms with Crippen LogP contribution in [0.15, 0.2) is 42.5 Å². The SMILES string of the molecule is Cc1ccc(C(=O)Nc2cc(C#CCO)ccc2C)cc1. The Labute approximate surface area is 124 Å². The predicted octanol–water partition coefficient (Wildman–Crippen LogP) is 2.90. The van der Waals surface area contributed by atoms with Crippen LogP contribution in [0.1, 0.15) is 27.0 Å². The second kappa shape index (κ2) is 6.74. The molecular formula is C18H17NO2. The van der Waals surface area contributed by atoms with Gasteiger partial charge in [-0.1, -0.05) is 35.6 Å². The zero-order valence-corrected chi connectivity index (χ0v) is 12.1. The van der Waals surface area contributed by atoms with Gasteiger partial charge in [-0.15, -0.1) is 0 Å². The van der Waals surface area contributed by atoms with Crippen molar-refractivity contribution in [2.45, 2.75) is 13.8 Å². The minimum Gasteiger partial charge on any atom is -0.384 e. The summed E-state index contributed by atoms with van der Waals surface area (Å²) in [4.78, 5) is 12.2. The average molecular weight is 279 g/mol. The number of hydrogen-bond donors (Lipinski definition) is 2. The summed E-state index contributed by atoms with van der Waals surface area (Å²) in [6.07, 6.45) is 0. The largest absolute Gasteiger partial charge is 0.384 e. The number of anilines is 1. The second-order valence-electron chi connectivity index (χ2n) is 4.81. The van der Waals surface area contributed by atoms with Crippen molar-refractivity contribution in [2.75, 3.05) is 11.9 Å². The smallest absolute Gasteiger partial charge is 0.255 e. The standard InChI is InChI=1S/C18H17NO2/c1-13-5-9-16(10-6-13)18(21)19-17-12-15(4-3-11-20)8-7-14(17)2/h5-10,12,20H,11H2,1-2H3,(H,19,21). The summed E-state index contributed by atoms with van der Waals surface area (Å²) >= 11 is 0. The molecule has 0 radical (unpaired) electrons. The molecule has 0 saturated heterocycles. The van der Waals surface area contributed by atoms with Gasteiger partial charge in [0.15, 0.2) is 0 Å². The Morgan fingerprint density at radius 2 is 1.86 bits per heavy atom. The molecule has 3 heteroatoms. The van der Waals surface area contributed by atoms with E-state index in [4.69, 9.17) is 5.11 Å². The van der Waals surface area contributed by atoms with E-state index in [9.17, 15) is 4.79 Å². The normalized spacial score (nSPS) is 9.67. The monoisotopic (exact) mass is 279 g/mol. The van der Waals surface area contributed by atoms with Gasteiger partial charge < -0.3 is 10.4 Å². The number of amides is 1. The maximum Gasteiger partial charge on any atom is 0.255 e. The Hall–Kier alpha value is -2.57. The highest BCUT2D eigenvalue weighted by Crippen LogP contribution is 2.17. The molecule has 0 saturated carbocycles. The summed E-state index contributed by atoms with van der Waals surface area (Å²) in [6, 6.07) is 13.0. The van der Waals surface area contributed by atoms with E-state index in [1.54, 1.807) is 12.1 Å². The van der Waals surface area contributed by atoms with Crippen molar-refractivity contribution >= 4 is 11.6 Å². The van der Waals surface area contributed by atoms with Crippen molar-refractivity contribution in [1.82, 2.24) is 0 Å². The number of aliphatic hydroxyl groups is 1. The number of hydrogen-bond acceptors (Lipinski definition) is 2. The lowest BCUT2D eigenvalue weighted by Gasteiger charge is -2.09. The Morgan fingerprint density at radius 1 is 1.14 bits per heavy atom. The van der Waals surface area contributed by atoms with Gasteiger partial charge in [-0.3, -0.25) is 4.79 Å². The maximum absolute atomic E-state index is 12.2. The fourth-order valence-corrected chi connectivity index (χ4v) is 1.88. The summed E-state index contributed by atoms with van der Waals surface area (Å²) in [5.74, 6) is 5.28. The summed E-state index contributed by atoms with van der Waals surface area (Å²) in [6.45, 7) is 3.72. The Kier molecular flexibility index (Phi) is 4.76.